The fourth-order valence-corrected chi connectivity index (χ4v) is 5.85. The molecule has 0 heterocycles. The van der Waals surface area contributed by atoms with E-state index in [0.717, 1.165) is 62.4 Å². The Kier molecular flexibility index (Phi) is 7.97. The first-order valence-electron chi connectivity index (χ1n) is 12.3. The van der Waals surface area contributed by atoms with E-state index >= 15 is 0 Å². The number of nitrogens with one attached hydrogen (secondary N) is 1. The molecule has 3 aliphatic carbocycles. The molecule has 2 aromatic rings. The van der Waals surface area contributed by atoms with Gasteiger partial charge in [0, 0.05) is 5.41 Å². The topological polar surface area (TPSA) is 102 Å². The van der Waals surface area contributed by atoms with E-state index in [0.29, 0.717) is 22.5 Å². The number of carboxylic acids is 1. The molecule has 0 atom stereocenters. The average Bonchev–Trinajstić information content (AvgIpc) is 2.87. The van der Waals surface area contributed by atoms with Crippen molar-refractivity contribution in [1.82, 2.24) is 5.32 Å². The second-order valence-corrected chi connectivity index (χ2v) is 10.8. The molecule has 0 radical (unpaired) electrons. The van der Waals surface area contributed by atoms with Crippen molar-refractivity contribution in [3.63, 3.8) is 0 Å². The Morgan fingerprint density at radius 2 is 1.66 bits per heavy atom. The summed E-state index contributed by atoms with van der Waals surface area (Å²) >= 11 is 3.46. The van der Waals surface area contributed by atoms with Gasteiger partial charge in [-0.1, -0.05) is 30.7 Å². The van der Waals surface area contributed by atoms with Crippen molar-refractivity contribution in [1.29, 1.82) is 0 Å². The van der Waals surface area contributed by atoms with Gasteiger partial charge in [0.2, 0.25) is 5.91 Å². The van der Waals surface area contributed by atoms with Gasteiger partial charge in [-0.05, 0) is 115 Å². The number of aliphatic carboxylic acids is 1. The second kappa shape index (κ2) is 11.0. The first kappa shape index (κ1) is 25.5. The molecule has 0 spiro atoms. The van der Waals surface area contributed by atoms with E-state index in [9.17, 15) is 14.7 Å². The van der Waals surface area contributed by atoms with Gasteiger partial charge >= 0.3 is 5.97 Å². The van der Waals surface area contributed by atoms with Gasteiger partial charge in [-0.25, -0.2) is 4.79 Å². The van der Waals surface area contributed by atoms with E-state index in [4.69, 9.17) is 10.5 Å². The zero-order valence-electron chi connectivity index (χ0n) is 19.9. The van der Waals surface area contributed by atoms with E-state index < -0.39 is 11.4 Å². The highest BCUT2D eigenvalue weighted by atomic mass is 79.9. The van der Waals surface area contributed by atoms with Crippen LogP contribution in [0.4, 0.5) is 0 Å². The normalized spacial score (nSPS) is 23.7. The van der Waals surface area contributed by atoms with Crippen LogP contribution in [0.5, 0.6) is 11.5 Å². The van der Waals surface area contributed by atoms with Gasteiger partial charge in [-0.15, -0.1) is 0 Å². The van der Waals surface area contributed by atoms with Crippen molar-refractivity contribution in [3.05, 3.63) is 64.3 Å². The Balaban J connectivity index is 1.40. The number of carbonyl (C=O) groups excluding carboxylic acids is 1. The highest BCUT2D eigenvalue weighted by Crippen LogP contribution is 2.58. The van der Waals surface area contributed by atoms with Crippen LogP contribution in [-0.4, -0.2) is 23.5 Å². The van der Waals surface area contributed by atoms with Crippen molar-refractivity contribution < 1.29 is 19.4 Å². The molecule has 3 saturated carbocycles. The maximum atomic E-state index is 13.3. The molecule has 0 aliphatic heterocycles. The number of unbranched alkanes of at least 4 members (excludes halogenated alkanes) is 1. The molecule has 0 unspecified atom stereocenters. The molecule has 3 aliphatic rings. The molecule has 2 bridgehead atoms. The lowest BCUT2D eigenvalue weighted by molar-refractivity contribution is -0.142. The maximum absolute atomic E-state index is 13.3. The van der Waals surface area contributed by atoms with Crippen LogP contribution in [-0.2, 0) is 9.59 Å². The van der Waals surface area contributed by atoms with Crippen LogP contribution < -0.4 is 15.8 Å². The fourth-order valence-electron chi connectivity index (χ4n) is 5.48. The lowest BCUT2D eigenvalue weighted by Gasteiger charge is -2.52. The van der Waals surface area contributed by atoms with Gasteiger partial charge in [0.1, 0.15) is 17.2 Å². The molecule has 6 nitrogen and oxygen atoms in total. The third-order valence-corrected chi connectivity index (χ3v) is 8.43. The van der Waals surface area contributed by atoms with Gasteiger partial charge < -0.3 is 20.9 Å². The highest BCUT2D eigenvalue weighted by Gasteiger charge is 2.52. The van der Waals surface area contributed by atoms with Gasteiger partial charge in [0.25, 0.3) is 0 Å². The Labute approximate surface area is 215 Å². The van der Waals surface area contributed by atoms with Gasteiger partial charge in [-0.2, -0.15) is 0 Å². The largest absolute Gasteiger partial charge is 0.477 e. The molecule has 186 valence electrons. The summed E-state index contributed by atoms with van der Waals surface area (Å²) in [5.74, 6) is 0.0199. The van der Waals surface area contributed by atoms with E-state index in [1.165, 1.54) is 12.5 Å². The van der Waals surface area contributed by atoms with E-state index in [-0.39, 0.29) is 11.6 Å². The highest BCUT2D eigenvalue weighted by molar-refractivity contribution is 9.10. The van der Waals surface area contributed by atoms with Crippen molar-refractivity contribution in [2.75, 3.05) is 6.54 Å². The summed E-state index contributed by atoms with van der Waals surface area (Å²) in [5, 5.41) is 12.5. The Hall–Kier alpha value is -2.64. The number of fused-ring (bicyclic) bond motifs is 3. The van der Waals surface area contributed by atoms with Crippen molar-refractivity contribution in [2.24, 2.45) is 16.6 Å². The van der Waals surface area contributed by atoms with Crippen LogP contribution in [0.2, 0.25) is 0 Å². The molecular formula is C28H33BrN2O4. The number of hydrogen-bond donors (Lipinski definition) is 3. The molecule has 0 aromatic heterocycles. The van der Waals surface area contributed by atoms with Gasteiger partial charge in [0.15, 0.2) is 0 Å². The fraction of sp³-hybridized carbons (Fsp3) is 0.429. The van der Waals surface area contributed by atoms with Gasteiger partial charge in [0.05, 0.1) is 4.47 Å². The smallest absolute Gasteiger partial charge is 0.352 e. The van der Waals surface area contributed by atoms with E-state index in [1.54, 1.807) is 24.3 Å². The summed E-state index contributed by atoms with van der Waals surface area (Å²) in [4.78, 5) is 25.2. The third kappa shape index (κ3) is 5.96. The summed E-state index contributed by atoms with van der Waals surface area (Å²) in [6.45, 7) is 0.729. The molecule has 7 heteroatoms. The summed E-state index contributed by atoms with van der Waals surface area (Å²) in [5.41, 5.74) is 6.12. The minimum absolute atomic E-state index is 0.103. The molecule has 3 fully saturated rings. The SMILES string of the molecule is NCCCCC12CCC(C(=O)N/C(=C\c3ccc(Oc4ccccc4Br)cc3)C(=O)O)(CC1)CC2. The predicted molar refractivity (Wildman–Crippen MR) is 140 cm³/mol. The van der Waals surface area contributed by atoms with Crippen molar-refractivity contribution >= 4 is 33.9 Å². The molecule has 35 heavy (non-hydrogen) atoms. The molecular weight excluding hydrogens is 508 g/mol. The van der Waals surface area contributed by atoms with Crippen LogP contribution in [0.3, 0.4) is 0 Å². The molecule has 0 saturated heterocycles. The average molecular weight is 541 g/mol. The number of hydrogen-bond acceptors (Lipinski definition) is 4. The summed E-state index contributed by atoms with van der Waals surface area (Å²) < 4.78 is 6.72. The predicted octanol–water partition coefficient (Wildman–Crippen LogP) is 6.25. The number of para-hydroxylation sites is 1. The van der Waals surface area contributed by atoms with Crippen molar-refractivity contribution in [3.8, 4) is 11.5 Å². The molecule has 4 N–H and O–H groups in total. The number of halogens is 1. The van der Waals surface area contributed by atoms with Crippen molar-refractivity contribution in [2.45, 2.75) is 57.8 Å². The Morgan fingerprint density at radius 1 is 1.00 bits per heavy atom. The second-order valence-electron chi connectivity index (χ2n) is 9.94. The quantitative estimate of drug-likeness (QED) is 0.244. The van der Waals surface area contributed by atoms with Crippen LogP contribution >= 0.6 is 15.9 Å². The van der Waals surface area contributed by atoms with Crippen LogP contribution in [0, 0.1) is 10.8 Å². The van der Waals surface area contributed by atoms with Gasteiger partial charge in [-0.3, -0.25) is 4.79 Å². The van der Waals surface area contributed by atoms with Crippen LogP contribution in [0.25, 0.3) is 6.08 Å². The minimum Gasteiger partial charge on any atom is -0.477 e. The number of benzene rings is 2. The molecule has 2 aromatic carbocycles. The third-order valence-electron chi connectivity index (χ3n) is 7.78. The van der Waals surface area contributed by atoms with Crippen LogP contribution in [0.1, 0.15) is 63.4 Å². The van der Waals surface area contributed by atoms with E-state index in [1.807, 2.05) is 24.3 Å². The van der Waals surface area contributed by atoms with E-state index in [2.05, 4.69) is 21.2 Å². The van der Waals surface area contributed by atoms with Crippen LogP contribution in [0.15, 0.2) is 58.7 Å². The summed E-state index contributed by atoms with van der Waals surface area (Å²) in [6.07, 6.45) is 10.5. The summed E-state index contributed by atoms with van der Waals surface area (Å²) in [6, 6.07) is 14.7. The lowest BCUT2D eigenvalue weighted by Crippen LogP contribution is -2.50. The zero-order chi connectivity index (χ0) is 24.9. The first-order chi connectivity index (χ1) is 16.8. The maximum Gasteiger partial charge on any atom is 0.352 e. The lowest BCUT2D eigenvalue weighted by atomic mass is 9.52. The molecule has 5 rings (SSSR count). The number of carbonyl (C=O) groups is 2. The number of nitrogens with two attached hydrogens (primary N) is 1. The summed E-state index contributed by atoms with van der Waals surface area (Å²) in [7, 11) is 0. The number of ether oxygens (including phenoxy) is 1. The minimum atomic E-state index is -1.15. The monoisotopic (exact) mass is 540 g/mol. The first-order valence-corrected chi connectivity index (χ1v) is 13.1. The molecule has 1 amide bonds. The Morgan fingerprint density at radius 3 is 2.26 bits per heavy atom. The number of carboxylic acid groups (broad SMARTS) is 1. The zero-order valence-corrected chi connectivity index (χ0v) is 21.5. The standard InChI is InChI=1S/C28H33BrN2O4/c29-22-5-1-2-6-24(22)35-21-9-7-20(8-10-21)19-23(25(32)33)31-26(34)28-15-12-27(13-16-28,14-17-28)11-3-4-18-30/h1-2,5-10,19H,3-4,11-18,30H2,(H,31,34)(H,32,33)/b23-19-. The number of rotatable bonds is 10. The Bertz CT molecular complexity index is 1070. The number of amides is 1.